The maximum absolute atomic E-state index is 12.7. The summed E-state index contributed by atoms with van der Waals surface area (Å²) in [5.41, 5.74) is -0.0137. The zero-order valence-corrected chi connectivity index (χ0v) is 18.1. The quantitative estimate of drug-likeness (QED) is 0.680. The molecule has 0 bridgehead atoms. The minimum atomic E-state index is -0.0192. The lowest BCUT2D eigenvalue weighted by Crippen LogP contribution is -2.52. The first-order valence-electron chi connectivity index (χ1n) is 10.7. The summed E-state index contributed by atoms with van der Waals surface area (Å²) in [7, 11) is 0. The van der Waals surface area contributed by atoms with E-state index in [0.29, 0.717) is 12.8 Å². The number of carbonyl (C=O) groups is 2. The second-order valence-corrected chi connectivity index (χ2v) is 8.73. The maximum atomic E-state index is 12.7. The summed E-state index contributed by atoms with van der Waals surface area (Å²) in [5, 5.41) is 0. The molecule has 3 heterocycles. The van der Waals surface area contributed by atoms with Crippen molar-refractivity contribution >= 4 is 30.2 Å². The molecule has 7 nitrogen and oxygen atoms in total. The number of halogens is 1. The van der Waals surface area contributed by atoms with Crippen molar-refractivity contribution in [2.24, 2.45) is 5.41 Å². The lowest BCUT2D eigenvalue weighted by atomic mass is 9.76. The minimum absolute atomic E-state index is 0. The molecule has 8 heteroatoms. The number of piperidine rings is 1. The van der Waals surface area contributed by atoms with E-state index in [1.807, 2.05) is 13.0 Å². The summed E-state index contributed by atoms with van der Waals surface area (Å²) >= 11 is 0. The van der Waals surface area contributed by atoms with Crippen LogP contribution in [-0.2, 0) is 9.59 Å². The van der Waals surface area contributed by atoms with Gasteiger partial charge in [-0.05, 0) is 37.7 Å². The second-order valence-electron chi connectivity index (χ2n) is 8.73. The number of hydrogen-bond donors (Lipinski definition) is 0. The van der Waals surface area contributed by atoms with Crippen LogP contribution in [0.5, 0.6) is 0 Å². The molecule has 1 aromatic heterocycles. The van der Waals surface area contributed by atoms with E-state index < -0.39 is 0 Å². The lowest BCUT2D eigenvalue weighted by Gasteiger charge is -2.40. The molecule has 1 atom stereocenters. The molecule has 160 valence electrons. The average Bonchev–Trinajstić information content (AvgIpc) is 3.14. The Hall–Kier alpha value is -1.73. The van der Waals surface area contributed by atoms with Crippen LogP contribution in [0.1, 0.15) is 51.9 Å². The number of imide groups is 1. The van der Waals surface area contributed by atoms with Crippen molar-refractivity contribution in [2.75, 3.05) is 37.6 Å². The Morgan fingerprint density at radius 1 is 1.00 bits per heavy atom. The van der Waals surface area contributed by atoms with Gasteiger partial charge in [0.05, 0.1) is 0 Å². The van der Waals surface area contributed by atoms with Gasteiger partial charge in [0.25, 0.3) is 0 Å². The van der Waals surface area contributed by atoms with Gasteiger partial charge in [0.15, 0.2) is 0 Å². The molecule has 3 fully saturated rings. The molecule has 1 unspecified atom stereocenters. The van der Waals surface area contributed by atoms with Gasteiger partial charge in [-0.2, -0.15) is 0 Å². The van der Waals surface area contributed by atoms with Crippen molar-refractivity contribution in [3.05, 3.63) is 18.5 Å². The van der Waals surface area contributed by atoms with Gasteiger partial charge in [0.1, 0.15) is 0 Å². The number of likely N-dealkylation sites (tertiary alicyclic amines) is 1. The molecule has 2 saturated heterocycles. The predicted octanol–water partition coefficient (Wildman–Crippen LogP) is 2.51. The molecule has 2 aliphatic heterocycles. The van der Waals surface area contributed by atoms with E-state index in [0.717, 1.165) is 70.8 Å². The number of carbonyl (C=O) groups excluding carboxylic acids is 2. The Labute approximate surface area is 179 Å². The van der Waals surface area contributed by atoms with Gasteiger partial charge in [-0.25, -0.2) is 9.97 Å². The summed E-state index contributed by atoms with van der Waals surface area (Å²) in [6, 6.07) is 1.81. The van der Waals surface area contributed by atoms with Gasteiger partial charge < -0.3 is 4.90 Å². The molecule has 1 saturated carbocycles. The van der Waals surface area contributed by atoms with Crippen molar-refractivity contribution in [3.8, 4) is 0 Å². The summed E-state index contributed by atoms with van der Waals surface area (Å²) in [6.07, 6.45) is 9.94. The van der Waals surface area contributed by atoms with Crippen LogP contribution in [0.4, 0.5) is 5.95 Å². The van der Waals surface area contributed by atoms with Gasteiger partial charge in [0, 0.05) is 64.0 Å². The first kappa shape index (κ1) is 22.0. The number of anilines is 1. The van der Waals surface area contributed by atoms with Gasteiger partial charge in [-0.1, -0.05) is 12.8 Å². The molecule has 1 aromatic rings. The Bertz CT molecular complexity index is 682. The Morgan fingerprint density at radius 2 is 1.59 bits per heavy atom. The molecular weight excluding hydrogens is 390 g/mol. The normalized spacial score (nSPS) is 23.3. The number of amides is 2. The minimum Gasteiger partial charge on any atom is -0.338 e. The highest BCUT2D eigenvalue weighted by molar-refractivity contribution is 5.99. The third-order valence-corrected chi connectivity index (χ3v) is 6.77. The third kappa shape index (κ3) is 4.89. The number of hydrogen-bond acceptors (Lipinski definition) is 6. The van der Waals surface area contributed by atoms with Crippen molar-refractivity contribution in [1.82, 2.24) is 19.8 Å². The molecule has 4 rings (SSSR count). The van der Waals surface area contributed by atoms with Gasteiger partial charge >= 0.3 is 0 Å². The molecule has 0 N–H and O–H groups in total. The van der Waals surface area contributed by atoms with Crippen LogP contribution >= 0.6 is 12.4 Å². The van der Waals surface area contributed by atoms with Crippen LogP contribution in [0.2, 0.25) is 0 Å². The van der Waals surface area contributed by atoms with Crippen LogP contribution in [0.25, 0.3) is 0 Å². The SMILES string of the molecule is CC(CCN1CCN(c2ncccn2)CC1)N1C(=O)CC2(CCCC2)CC1=O.Cl. The first-order valence-corrected chi connectivity index (χ1v) is 10.7. The standard InChI is InChI=1S/C21H31N5O2.ClH/c1-17(26-18(27)15-21(16-19(26)28)6-2-3-7-21)5-10-24-11-13-25(14-12-24)20-22-8-4-9-23-20;/h4,8-9,17H,2-3,5-7,10-16H2,1H3;1H. The van der Waals surface area contributed by atoms with Gasteiger partial charge in [-0.3, -0.25) is 19.4 Å². The number of nitrogens with zero attached hydrogens (tertiary/aromatic N) is 5. The second kappa shape index (κ2) is 9.39. The van der Waals surface area contributed by atoms with Crippen molar-refractivity contribution < 1.29 is 9.59 Å². The van der Waals surface area contributed by atoms with Crippen LogP contribution < -0.4 is 4.90 Å². The summed E-state index contributed by atoms with van der Waals surface area (Å²) in [5.74, 6) is 0.897. The third-order valence-electron chi connectivity index (χ3n) is 6.77. The maximum Gasteiger partial charge on any atom is 0.229 e. The first-order chi connectivity index (χ1) is 13.6. The van der Waals surface area contributed by atoms with Crippen LogP contribution in [0.3, 0.4) is 0 Å². The van der Waals surface area contributed by atoms with E-state index in [9.17, 15) is 9.59 Å². The average molecular weight is 422 g/mol. The molecule has 1 aliphatic carbocycles. The summed E-state index contributed by atoms with van der Waals surface area (Å²) in [4.78, 5) is 40.3. The van der Waals surface area contributed by atoms with Gasteiger partial charge in [-0.15, -0.1) is 12.4 Å². The van der Waals surface area contributed by atoms with Gasteiger partial charge in [0.2, 0.25) is 17.8 Å². The van der Waals surface area contributed by atoms with Crippen molar-refractivity contribution in [2.45, 2.75) is 57.9 Å². The number of rotatable bonds is 5. The smallest absolute Gasteiger partial charge is 0.229 e. The Morgan fingerprint density at radius 3 is 2.17 bits per heavy atom. The number of aromatic nitrogens is 2. The molecule has 1 spiro atoms. The van der Waals surface area contributed by atoms with E-state index in [2.05, 4.69) is 19.8 Å². The van der Waals surface area contributed by atoms with E-state index in [1.165, 1.54) is 0 Å². The van der Waals surface area contributed by atoms with Crippen molar-refractivity contribution in [3.63, 3.8) is 0 Å². The zero-order chi connectivity index (χ0) is 19.6. The molecule has 3 aliphatic rings. The zero-order valence-electron chi connectivity index (χ0n) is 17.3. The van der Waals surface area contributed by atoms with Crippen LogP contribution in [0, 0.1) is 5.41 Å². The Balaban J connectivity index is 0.00000240. The molecule has 0 radical (unpaired) electrons. The highest BCUT2D eigenvalue weighted by Crippen LogP contribution is 2.47. The largest absolute Gasteiger partial charge is 0.338 e. The van der Waals surface area contributed by atoms with E-state index in [-0.39, 0.29) is 35.7 Å². The number of piperazine rings is 1. The fourth-order valence-electron chi connectivity index (χ4n) is 5.11. The highest BCUT2D eigenvalue weighted by atomic mass is 35.5. The monoisotopic (exact) mass is 421 g/mol. The lowest BCUT2D eigenvalue weighted by molar-refractivity contribution is -0.156. The summed E-state index contributed by atoms with van der Waals surface area (Å²) in [6.45, 7) is 6.65. The Kier molecular flexibility index (Phi) is 7.11. The molecule has 0 aromatic carbocycles. The van der Waals surface area contributed by atoms with E-state index in [1.54, 1.807) is 17.3 Å². The fraction of sp³-hybridized carbons (Fsp3) is 0.714. The van der Waals surface area contributed by atoms with E-state index >= 15 is 0 Å². The van der Waals surface area contributed by atoms with Crippen molar-refractivity contribution in [1.29, 1.82) is 0 Å². The van der Waals surface area contributed by atoms with Crippen LogP contribution in [-0.4, -0.2) is 70.3 Å². The van der Waals surface area contributed by atoms with Crippen LogP contribution in [0.15, 0.2) is 18.5 Å². The topological polar surface area (TPSA) is 69.6 Å². The highest BCUT2D eigenvalue weighted by Gasteiger charge is 2.46. The summed E-state index contributed by atoms with van der Waals surface area (Å²) < 4.78 is 0. The predicted molar refractivity (Wildman–Crippen MR) is 114 cm³/mol. The fourth-order valence-corrected chi connectivity index (χ4v) is 5.11. The molecule has 29 heavy (non-hydrogen) atoms. The molecular formula is C21H32ClN5O2. The molecule has 2 amide bonds. The van der Waals surface area contributed by atoms with E-state index in [4.69, 9.17) is 0 Å².